The van der Waals surface area contributed by atoms with Crippen LogP contribution in [-0.4, -0.2) is 10.9 Å². The van der Waals surface area contributed by atoms with E-state index in [1.165, 1.54) is 6.08 Å². The van der Waals surface area contributed by atoms with Crippen molar-refractivity contribution in [2.24, 2.45) is 0 Å². The third-order valence-corrected chi connectivity index (χ3v) is 1.88. The van der Waals surface area contributed by atoms with Crippen molar-refractivity contribution < 1.29 is 4.79 Å². The monoisotopic (exact) mass is 210 g/mol. The molecule has 0 aliphatic heterocycles. The Morgan fingerprint density at radius 1 is 1.79 bits per heavy atom. The van der Waals surface area contributed by atoms with Crippen LogP contribution >= 0.6 is 11.6 Å². The van der Waals surface area contributed by atoms with Crippen LogP contribution < -0.4 is 5.32 Å². The second-order valence-corrected chi connectivity index (χ2v) is 3.25. The van der Waals surface area contributed by atoms with Gasteiger partial charge in [0.05, 0.1) is 5.69 Å². The highest BCUT2D eigenvalue weighted by molar-refractivity contribution is 6.32. The van der Waals surface area contributed by atoms with Crippen molar-refractivity contribution in [2.75, 3.05) is 5.32 Å². The molecule has 3 nitrogen and oxygen atoms in total. The number of carbonyl (C=O) groups is 1. The maximum Gasteiger partial charge on any atom is 0.228 e. The van der Waals surface area contributed by atoms with Gasteiger partial charge in [-0.05, 0) is 18.6 Å². The first-order valence-corrected chi connectivity index (χ1v) is 4.54. The van der Waals surface area contributed by atoms with Gasteiger partial charge in [-0.2, -0.15) is 0 Å². The number of hydrogen-bond donors (Lipinski definition) is 1. The highest BCUT2D eigenvalue weighted by Crippen LogP contribution is 2.19. The minimum atomic E-state index is -0.144. The molecular formula is C10H11ClN2O. The van der Waals surface area contributed by atoms with E-state index >= 15 is 0 Å². The van der Waals surface area contributed by atoms with Crippen LogP contribution in [-0.2, 0) is 4.79 Å². The lowest BCUT2D eigenvalue weighted by Crippen LogP contribution is -2.10. The number of carbonyl (C=O) groups excluding carboxylic acids is 1. The molecule has 0 bridgehead atoms. The van der Waals surface area contributed by atoms with E-state index in [9.17, 15) is 4.79 Å². The molecule has 14 heavy (non-hydrogen) atoms. The molecule has 4 heteroatoms. The molecule has 0 aromatic carbocycles. The van der Waals surface area contributed by atoms with Gasteiger partial charge in [-0.25, -0.2) is 4.98 Å². The van der Waals surface area contributed by atoms with Crippen molar-refractivity contribution in [3.63, 3.8) is 0 Å². The zero-order valence-electron chi connectivity index (χ0n) is 7.88. The number of nitrogens with one attached hydrogen (secondary N) is 1. The first-order valence-electron chi connectivity index (χ1n) is 4.16. The molecular weight excluding hydrogens is 200 g/mol. The number of pyridine rings is 1. The molecule has 74 valence electrons. The van der Waals surface area contributed by atoms with Crippen molar-refractivity contribution in [3.8, 4) is 0 Å². The fraction of sp³-hybridized carbons (Fsp3) is 0.200. The Labute approximate surface area is 87.8 Å². The number of nitrogens with zero attached hydrogens (tertiary/aromatic N) is 1. The predicted molar refractivity (Wildman–Crippen MR) is 57.4 cm³/mol. The first kappa shape index (κ1) is 10.7. The largest absolute Gasteiger partial charge is 0.323 e. The molecule has 0 atom stereocenters. The van der Waals surface area contributed by atoms with Crippen LogP contribution in [0.2, 0.25) is 5.15 Å². The Bertz CT molecular complexity index is 363. The SMILES string of the molecule is C=CCC(=O)Nc1cc(C)cnc1Cl. The summed E-state index contributed by atoms with van der Waals surface area (Å²) in [6.07, 6.45) is 3.45. The first-order chi connectivity index (χ1) is 6.63. The van der Waals surface area contributed by atoms with E-state index in [0.29, 0.717) is 10.8 Å². The molecule has 0 aliphatic rings. The van der Waals surface area contributed by atoms with Crippen molar-refractivity contribution >= 4 is 23.2 Å². The number of halogens is 1. The summed E-state index contributed by atoms with van der Waals surface area (Å²) in [7, 11) is 0. The second-order valence-electron chi connectivity index (χ2n) is 2.89. The van der Waals surface area contributed by atoms with E-state index in [1.807, 2.05) is 6.92 Å². The Morgan fingerprint density at radius 3 is 3.14 bits per heavy atom. The van der Waals surface area contributed by atoms with E-state index in [2.05, 4.69) is 16.9 Å². The zero-order valence-corrected chi connectivity index (χ0v) is 8.64. The summed E-state index contributed by atoms with van der Waals surface area (Å²) < 4.78 is 0. The van der Waals surface area contributed by atoms with Crippen molar-refractivity contribution in [3.05, 3.63) is 35.6 Å². The van der Waals surface area contributed by atoms with E-state index in [0.717, 1.165) is 5.56 Å². The molecule has 0 aliphatic carbocycles. The summed E-state index contributed by atoms with van der Waals surface area (Å²) in [4.78, 5) is 15.1. The highest BCUT2D eigenvalue weighted by atomic mass is 35.5. The molecule has 0 saturated carbocycles. The maximum absolute atomic E-state index is 11.2. The van der Waals surface area contributed by atoms with Crippen molar-refractivity contribution in [1.82, 2.24) is 4.98 Å². The van der Waals surface area contributed by atoms with Gasteiger partial charge in [0.1, 0.15) is 0 Å². The lowest BCUT2D eigenvalue weighted by atomic mass is 10.3. The molecule has 0 unspecified atom stereocenters. The maximum atomic E-state index is 11.2. The summed E-state index contributed by atoms with van der Waals surface area (Å²) in [5.74, 6) is -0.144. The van der Waals surface area contributed by atoms with Crippen LogP contribution in [0, 0.1) is 6.92 Å². The second kappa shape index (κ2) is 4.77. The Balaban J connectivity index is 2.80. The van der Waals surface area contributed by atoms with Gasteiger partial charge in [0, 0.05) is 12.6 Å². The zero-order chi connectivity index (χ0) is 10.6. The van der Waals surface area contributed by atoms with Gasteiger partial charge >= 0.3 is 0 Å². The van der Waals surface area contributed by atoms with E-state index in [1.54, 1.807) is 12.3 Å². The van der Waals surface area contributed by atoms with Crippen LogP contribution in [0.3, 0.4) is 0 Å². The average Bonchev–Trinajstić information content (AvgIpc) is 2.12. The molecule has 1 N–H and O–H groups in total. The number of amides is 1. The third-order valence-electron chi connectivity index (χ3n) is 1.58. The lowest BCUT2D eigenvalue weighted by molar-refractivity contribution is -0.115. The predicted octanol–water partition coefficient (Wildman–Crippen LogP) is 2.56. The highest BCUT2D eigenvalue weighted by Gasteiger charge is 2.04. The number of anilines is 1. The molecule has 1 heterocycles. The van der Waals surface area contributed by atoms with Crippen LogP contribution in [0.4, 0.5) is 5.69 Å². The van der Waals surface area contributed by atoms with Gasteiger partial charge < -0.3 is 5.32 Å². The summed E-state index contributed by atoms with van der Waals surface area (Å²) in [5.41, 5.74) is 1.49. The van der Waals surface area contributed by atoms with E-state index in [-0.39, 0.29) is 12.3 Å². The minimum Gasteiger partial charge on any atom is -0.323 e. The van der Waals surface area contributed by atoms with E-state index in [4.69, 9.17) is 11.6 Å². The van der Waals surface area contributed by atoms with Gasteiger partial charge in [-0.3, -0.25) is 4.79 Å². The van der Waals surface area contributed by atoms with Crippen LogP contribution in [0.5, 0.6) is 0 Å². The summed E-state index contributed by atoms with van der Waals surface area (Å²) in [6, 6.07) is 1.77. The number of aryl methyl sites for hydroxylation is 1. The quantitative estimate of drug-likeness (QED) is 0.616. The van der Waals surface area contributed by atoms with E-state index < -0.39 is 0 Å². The minimum absolute atomic E-state index is 0.144. The average molecular weight is 211 g/mol. The molecule has 1 aromatic heterocycles. The van der Waals surface area contributed by atoms with Gasteiger partial charge in [0.25, 0.3) is 0 Å². The number of hydrogen-bond acceptors (Lipinski definition) is 2. The standard InChI is InChI=1S/C10H11ClN2O/c1-3-4-9(14)13-8-5-7(2)6-12-10(8)11/h3,5-6H,1,4H2,2H3,(H,13,14). The van der Waals surface area contributed by atoms with Gasteiger partial charge in [-0.15, -0.1) is 6.58 Å². The number of aromatic nitrogens is 1. The molecule has 0 radical (unpaired) electrons. The molecule has 1 amide bonds. The molecule has 1 rings (SSSR count). The van der Waals surface area contributed by atoms with Crippen LogP contribution in [0.1, 0.15) is 12.0 Å². The Hall–Kier alpha value is -1.35. The lowest BCUT2D eigenvalue weighted by Gasteiger charge is -2.05. The van der Waals surface area contributed by atoms with Crippen molar-refractivity contribution in [2.45, 2.75) is 13.3 Å². The Kier molecular flexibility index (Phi) is 3.65. The molecule has 1 aromatic rings. The van der Waals surface area contributed by atoms with Gasteiger partial charge in [0.2, 0.25) is 5.91 Å². The third kappa shape index (κ3) is 2.85. The van der Waals surface area contributed by atoms with Crippen LogP contribution in [0.15, 0.2) is 24.9 Å². The van der Waals surface area contributed by atoms with Crippen LogP contribution in [0.25, 0.3) is 0 Å². The van der Waals surface area contributed by atoms with Crippen molar-refractivity contribution in [1.29, 1.82) is 0 Å². The smallest absolute Gasteiger partial charge is 0.228 e. The van der Waals surface area contributed by atoms with Gasteiger partial charge in [0.15, 0.2) is 5.15 Å². The summed E-state index contributed by atoms with van der Waals surface area (Å²) >= 11 is 5.79. The molecule has 0 spiro atoms. The summed E-state index contributed by atoms with van der Waals surface area (Å²) in [6.45, 7) is 5.35. The fourth-order valence-corrected chi connectivity index (χ4v) is 1.12. The van der Waals surface area contributed by atoms with Gasteiger partial charge in [-0.1, -0.05) is 17.7 Å². The number of rotatable bonds is 3. The summed E-state index contributed by atoms with van der Waals surface area (Å²) in [5, 5.41) is 2.95. The normalized spacial score (nSPS) is 9.57. The molecule has 0 saturated heterocycles. The Morgan fingerprint density at radius 2 is 2.50 bits per heavy atom. The topological polar surface area (TPSA) is 42.0 Å². The molecule has 0 fully saturated rings. The fourth-order valence-electron chi connectivity index (χ4n) is 0.973.